The van der Waals surface area contributed by atoms with Gasteiger partial charge in [0.05, 0.1) is 13.1 Å². The second-order valence-electron chi connectivity index (χ2n) is 5.05. The second-order valence-corrected chi connectivity index (χ2v) is 6.04. The molecule has 1 atom stereocenters. The van der Waals surface area contributed by atoms with Gasteiger partial charge in [-0.05, 0) is 12.6 Å². The maximum Gasteiger partial charge on any atom is 0.621 e. The first-order valence-corrected chi connectivity index (χ1v) is 7.65. The lowest BCUT2D eigenvalue weighted by molar-refractivity contribution is -0.145. The molecule has 0 aliphatic carbocycles. The number of likely N-dealkylation sites (N-methyl/N-ethyl adjacent to an activating group) is 1. The van der Waals surface area contributed by atoms with Crippen LogP contribution in [-0.4, -0.2) is 54.6 Å². The summed E-state index contributed by atoms with van der Waals surface area (Å²) in [6.07, 6.45) is 0.155. The maximum absolute atomic E-state index is 12.2. The van der Waals surface area contributed by atoms with E-state index in [9.17, 15) is 14.4 Å². The Balaban J connectivity index is 2.03. The fourth-order valence-corrected chi connectivity index (χ4v) is 2.40. The number of hydrogen-bond acceptors (Lipinski definition) is 6. The molecular formula is C14H15BBrNO5. The molecule has 1 aromatic rings. The van der Waals surface area contributed by atoms with Crippen molar-refractivity contribution in [3.63, 3.8) is 0 Å². The Hall–Kier alpha value is -1.67. The van der Waals surface area contributed by atoms with Gasteiger partial charge in [-0.3, -0.25) is 19.3 Å². The number of alkyl halides is 1. The molecule has 0 aromatic heterocycles. The summed E-state index contributed by atoms with van der Waals surface area (Å²) in [4.78, 5) is 37.1. The number of Topliss-reactive ketones (excluding diaryl/α,β-unsaturated/α-hetero) is 1. The van der Waals surface area contributed by atoms with Crippen molar-refractivity contribution >= 4 is 40.8 Å². The van der Waals surface area contributed by atoms with Crippen molar-refractivity contribution in [3.05, 3.63) is 35.9 Å². The first kappa shape index (κ1) is 16.7. The van der Waals surface area contributed by atoms with E-state index in [0.29, 0.717) is 0 Å². The van der Waals surface area contributed by atoms with Crippen LogP contribution in [-0.2, 0) is 30.1 Å². The molecule has 0 amide bonds. The Morgan fingerprint density at radius 1 is 1.23 bits per heavy atom. The minimum atomic E-state index is -1.25. The van der Waals surface area contributed by atoms with E-state index in [1.54, 1.807) is 7.05 Å². The normalized spacial score (nSPS) is 18.0. The van der Waals surface area contributed by atoms with Gasteiger partial charge >= 0.3 is 19.1 Å². The molecule has 0 bridgehead atoms. The van der Waals surface area contributed by atoms with Crippen LogP contribution in [0, 0.1) is 0 Å². The molecule has 1 aliphatic rings. The van der Waals surface area contributed by atoms with Gasteiger partial charge in [-0.2, -0.15) is 0 Å². The predicted molar refractivity (Wildman–Crippen MR) is 83.3 cm³/mol. The summed E-state index contributed by atoms with van der Waals surface area (Å²) in [5.74, 6) is -1.32. The molecule has 1 aliphatic heterocycles. The average molecular weight is 368 g/mol. The third-order valence-corrected chi connectivity index (χ3v) is 4.00. The van der Waals surface area contributed by atoms with Crippen LogP contribution >= 0.6 is 15.9 Å². The first-order chi connectivity index (χ1) is 10.5. The van der Waals surface area contributed by atoms with E-state index in [2.05, 4.69) is 15.9 Å². The number of hydrogen-bond donors (Lipinski definition) is 0. The van der Waals surface area contributed by atoms with Crippen LogP contribution in [0.25, 0.3) is 0 Å². The number of nitrogens with zero attached hydrogens (tertiary/aromatic N) is 1. The van der Waals surface area contributed by atoms with E-state index in [-0.39, 0.29) is 25.3 Å². The quantitative estimate of drug-likeness (QED) is 0.573. The number of halogens is 1. The summed E-state index contributed by atoms with van der Waals surface area (Å²) in [6.45, 7) is -0.0591. The Bertz CT molecular complexity index is 548. The lowest BCUT2D eigenvalue weighted by Gasteiger charge is -2.24. The molecule has 1 aromatic carbocycles. The van der Waals surface area contributed by atoms with Crippen molar-refractivity contribution in [1.29, 1.82) is 0 Å². The molecule has 0 N–H and O–H groups in total. The van der Waals surface area contributed by atoms with Gasteiger partial charge in [0.2, 0.25) is 0 Å². The van der Waals surface area contributed by atoms with E-state index in [1.807, 2.05) is 30.3 Å². The topological polar surface area (TPSA) is 72.9 Å². The van der Waals surface area contributed by atoms with Crippen molar-refractivity contribution in [3.8, 4) is 0 Å². The molecule has 0 radical (unpaired) electrons. The predicted octanol–water partition coefficient (Wildman–Crippen LogP) is 0.621. The average Bonchev–Trinajstić information content (AvgIpc) is 2.45. The van der Waals surface area contributed by atoms with Gasteiger partial charge in [-0.1, -0.05) is 46.3 Å². The molecule has 116 valence electrons. The molecule has 8 heteroatoms. The van der Waals surface area contributed by atoms with Gasteiger partial charge < -0.3 is 9.31 Å². The largest absolute Gasteiger partial charge is 0.621 e. The van der Waals surface area contributed by atoms with Crippen LogP contribution < -0.4 is 0 Å². The Morgan fingerprint density at radius 2 is 1.77 bits per heavy atom. The molecule has 1 fully saturated rings. The number of ketones is 1. The minimum Gasteiger partial charge on any atom is -0.497 e. The third-order valence-electron chi connectivity index (χ3n) is 3.06. The number of rotatable bonds is 4. The molecule has 0 saturated carbocycles. The smallest absolute Gasteiger partial charge is 0.497 e. The van der Waals surface area contributed by atoms with Crippen molar-refractivity contribution in [1.82, 2.24) is 4.90 Å². The van der Waals surface area contributed by atoms with Crippen LogP contribution in [0.1, 0.15) is 5.56 Å². The zero-order chi connectivity index (χ0) is 16.1. The van der Waals surface area contributed by atoms with Gasteiger partial charge in [-0.15, -0.1) is 0 Å². The molecule has 22 heavy (non-hydrogen) atoms. The van der Waals surface area contributed by atoms with Gasteiger partial charge in [0, 0.05) is 6.42 Å². The fourth-order valence-electron chi connectivity index (χ4n) is 2.02. The Kier molecular flexibility index (Phi) is 5.73. The van der Waals surface area contributed by atoms with Gasteiger partial charge in [0.1, 0.15) is 4.73 Å². The van der Waals surface area contributed by atoms with Gasteiger partial charge in [0.25, 0.3) is 0 Å². The number of benzene rings is 1. The highest BCUT2D eigenvalue weighted by Crippen LogP contribution is 2.14. The lowest BCUT2D eigenvalue weighted by atomic mass is 9.80. The summed E-state index contributed by atoms with van der Waals surface area (Å²) in [6, 6.07) is 9.16. The molecule has 0 unspecified atom stereocenters. The van der Waals surface area contributed by atoms with E-state index < -0.39 is 23.8 Å². The van der Waals surface area contributed by atoms with E-state index in [0.717, 1.165) is 5.56 Å². The van der Waals surface area contributed by atoms with Crippen molar-refractivity contribution < 1.29 is 23.7 Å². The zero-order valence-corrected chi connectivity index (χ0v) is 13.6. The maximum atomic E-state index is 12.2. The number of carbonyl (C=O) groups is 3. The van der Waals surface area contributed by atoms with E-state index >= 15 is 0 Å². The molecular weight excluding hydrogens is 353 g/mol. The van der Waals surface area contributed by atoms with Crippen LogP contribution in [0.4, 0.5) is 0 Å². The summed E-state index contributed by atoms with van der Waals surface area (Å²) >= 11 is 3.18. The van der Waals surface area contributed by atoms with Crippen LogP contribution in [0.3, 0.4) is 0 Å². The lowest BCUT2D eigenvalue weighted by Crippen LogP contribution is -2.48. The minimum absolute atomic E-state index is 0.0296. The number of carbonyl (C=O) groups excluding carboxylic acids is 3. The highest BCUT2D eigenvalue weighted by molar-refractivity contribution is 9.10. The van der Waals surface area contributed by atoms with Crippen LogP contribution in [0.2, 0.25) is 0 Å². The van der Waals surface area contributed by atoms with Crippen molar-refractivity contribution in [2.45, 2.75) is 11.1 Å². The highest BCUT2D eigenvalue weighted by Gasteiger charge is 2.42. The van der Waals surface area contributed by atoms with E-state index in [4.69, 9.17) is 9.31 Å². The van der Waals surface area contributed by atoms with Crippen LogP contribution in [0.5, 0.6) is 0 Å². The first-order valence-electron chi connectivity index (χ1n) is 6.74. The zero-order valence-electron chi connectivity index (χ0n) is 12.0. The Labute approximate surface area is 137 Å². The summed E-state index contributed by atoms with van der Waals surface area (Å²) < 4.78 is 9.22. The van der Waals surface area contributed by atoms with Gasteiger partial charge in [0.15, 0.2) is 5.78 Å². The van der Waals surface area contributed by atoms with Crippen LogP contribution in [0.15, 0.2) is 30.3 Å². The van der Waals surface area contributed by atoms with Crippen molar-refractivity contribution in [2.75, 3.05) is 20.1 Å². The second kappa shape index (κ2) is 7.55. The molecule has 6 nitrogen and oxygen atoms in total. The van der Waals surface area contributed by atoms with Gasteiger partial charge in [-0.25, -0.2) is 0 Å². The summed E-state index contributed by atoms with van der Waals surface area (Å²) in [7, 11) is 0.361. The molecule has 1 saturated heterocycles. The molecule has 2 rings (SSSR count). The molecule has 1 heterocycles. The van der Waals surface area contributed by atoms with Crippen molar-refractivity contribution in [2.24, 2.45) is 0 Å². The highest BCUT2D eigenvalue weighted by atomic mass is 79.9. The monoisotopic (exact) mass is 367 g/mol. The Morgan fingerprint density at radius 3 is 2.32 bits per heavy atom. The standard InChI is InChI=1S/C14H15BBrNO5/c1-17-8-12(19)21-15(22-13(20)9-17)14(16)11(18)7-10-5-3-2-4-6-10/h2-6,14H,7-9H2,1H3/t14-/m0/s1. The van der Waals surface area contributed by atoms with E-state index in [1.165, 1.54) is 4.90 Å². The third kappa shape index (κ3) is 4.67. The summed E-state index contributed by atoms with van der Waals surface area (Å²) in [5, 5.41) is 0. The molecule has 0 spiro atoms. The summed E-state index contributed by atoms with van der Waals surface area (Å²) in [5.41, 5.74) is 0.834. The SMILES string of the molecule is CN1CC(=O)OB([C@@H](Br)C(=O)Cc2ccccc2)OC(=O)C1. The fraction of sp³-hybridized carbons (Fsp3) is 0.357.